The molecule has 2 aromatic heterocycles. The number of benzene rings is 2. The largest absolute Gasteiger partial charge is 0.493 e. The van der Waals surface area contributed by atoms with E-state index in [4.69, 9.17) is 37.7 Å². The molecule has 0 bridgehead atoms. The lowest BCUT2D eigenvalue weighted by molar-refractivity contribution is 0.355. The van der Waals surface area contributed by atoms with Crippen LogP contribution in [0, 0.1) is 0 Å². The van der Waals surface area contributed by atoms with Crippen LogP contribution in [0.25, 0.3) is 22.4 Å². The molecule has 0 aliphatic heterocycles. The lowest BCUT2D eigenvalue weighted by atomic mass is 10.2. The fraction of sp³-hybridized carbons (Fsp3) is 0.217. The van der Waals surface area contributed by atoms with Crippen LogP contribution < -0.4 is 20.7 Å². The van der Waals surface area contributed by atoms with Crippen LogP contribution in [0.3, 0.4) is 0 Å². The number of aromatic nitrogens is 4. The molecule has 0 radical (unpaired) electrons. The van der Waals surface area contributed by atoms with Crippen LogP contribution in [0.1, 0.15) is 5.56 Å². The Kier molecular flexibility index (Phi) is 6.88. The van der Waals surface area contributed by atoms with Crippen LogP contribution in [-0.4, -0.2) is 33.3 Å². The van der Waals surface area contributed by atoms with E-state index in [-0.39, 0.29) is 11.0 Å². The number of nitrogens with zero attached hydrogens (tertiary/aromatic N) is 4. The summed E-state index contributed by atoms with van der Waals surface area (Å²) in [5, 5.41) is 1.73. The van der Waals surface area contributed by atoms with Gasteiger partial charge in [0.2, 0.25) is 0 Å². The average molecular weight is 519 g/mol. The number of thioether (sulfide) groups is 1. The van der Waals surface area contributed by atoms with E-state index in [9.17, 15) is 9.59 Å². The molecule has 0 spiro atoms. The van der Waals surface area contributed by atoms with E-state index < -0.39 is 11.2 Å². The predicted octanol–water partition coefficient (Wildman–Crippen LogP) is 4.31. The van der Waals surface area contributed by atoms with Gasteiger partial charge in [-0.3, -0.25) is 13.9 Å². The van der Waals surface area contributed by atoms with Gasteiger partial charge in [-0.05, 0) is 35.9 Å². The number of ether oxygens (including phenoxy) is 2. The molecule has 0 N–H and O–H groups in total. The van der Waals surface area contributed by atoms with Gasteiger partial charge in [0.25, 0.3) is 5.56 Å². The molecule has 0 amide bonds. The molecule has 0 saturated heterocycles. The summed E-state index contributed by atoms with van der Waals surface area (Å²) in [4.78, 5) is 34.9. The maximum atomic E-state index is 13.1. The van der Waals surface area contributed by atoms with Crippen molar-refractivity contribution < 1.29 is 9.47 Å². The highest BCUT2D eigenvalue weighted by Crippen LogP contribution is 2.34. The van der Waals surface area contributed by atoms with E-state index in [0.717, 1.165) is 10.1 Å². The van der Waals surface area contributed by atoms with Crippen LogP contribution >= 0.6 is 35.0 Å². The van der Waals surface area contributed by atoms with Crippen molar-refractivity contribution in [2.75, 3.05) is 14.2 Å². The molecule has 4 aromatic rings. The molecule has 0 unspecified atom stereocenters. The highest BCUT2D eigenvalue weighted by Gasteiger charge is 2.19. The molecule has 2 heterocycles. The first-order valence-corrected chi connectivity index (χ1v) is 11.8. The lowest BCUT2D eigenvalue weighted by Gasteiger charge is -2.13. The van der Waals surface area contributed by atoms with Crippen molar-refractivity contribution in [3.8, 4) is 22.9 Å². The fourth-order valence-corrected chi connectivity index (χ4v) is 5.00. The molecule has 0 atom stereocenters. The third kappa shape index (κ3) is 4.38. The van der Waals surface area contributed by atoms with E-state index in [1.807, 2.05) is 6.07 Å². The van der Waals surface area contributed by atoms with Gasteiger partial charge in [0, 0.05) is 35.5 Å². The normalized spacial score (nSPS) is 11.1. The number of halogens is 2. The Hall–Kier alpha value is -3.01. The van der Waals surface area contributed by atoms with Crippen LogP contribution in [0.5, 0.6) is 11.5 Å². The van der Waals surface area contributed by atoms with E-state index in [1.165, 1.54) is 30.5 Å². The molecule has 176 valence electrons. The highest BCUT2D eigenvalue weighted by atomic mass is 35.5. The Balaban J connectivity index is 1.92. The SMILES string of the molecule is COc1ccc(-c2nc(SCc3ccc(Cl)cc3Cl)c3c(=O)n(C)c(=O)n(C)c3n2)cc1OC. The van der Waals surface area contributed by atoms with E-state index in [2.05, 4.69) is 4.98 Å². The smallest absolute Gasteiger partial charge is 0.332 e. The van der Waals surface area contributed by atoms with Gasteiger partial charge >= 0.3 is 5.69 Å². The van der Waals surface area contributed by atoms with Crippen molar-refractivity contribution in [3.05, 3.63) is 72.8 Å². The van der Waals surface area contributed by atoms with E-state index in [1.54, 1.807) is 44.5 Å². The maximum absolute atomic E-state index is 13.1. The molecule has 8 nitrogen and oxygen atoms in total. The minimum atomic E-state index is -0.480. The van der Waals surface area contributed by atoms with E-state index >= 15 is 0 Å². The van der Waals surface area contributed by atoms with Gasteiger partial charge in [-0.15, -0.1) is 11.8 Å². The third-order valence-corrected chi connectivity index (χ3v) is 6.90. The van der Waals surface area contributed by atoms with Crippen LogP contribution in [-0.2, 0) is 19.8 Å². The Labute approximate surface area is 209 Å². The van der Waals surface area contributed by atoms with Gasteiger partial charge in [0.1, 0.15) is 10.4 Å². The summed E-state index contributed by atoms with van der Waals surface area (Å²) in [6.45, 7) is 0. The van der Waals surface area contributed by atoms with Crippen LogP contribution in [0.4, 0.5) is 0 Å². The average Bonchev–Trinajstić information content (AvgIpc) is 2.84. The number of hydrogen-bond donors (Lipinski definition) is 0. The zero-order chi connectivity index (χ0) is 24.6. The van der Waals surface area contributed by atoms with Crippen molar-refractivity contribution in [3.63, 3.8) is 0 Å². The first-order valence-electron chi connectivity index (χ1n) is 10.0. The van der Waals surface area contributed by atoms with Crippen molar-refractivity contribution in [1.29, 1.82) is 0 Å². The number of fused-ring (bicyclic) bond motifs is 1. The van der Waals surface area contributed by atoms with E-state index in [0.29, 0.717) is 43.7 Å². The number of methoxy groups -OCH3 is 2. The lowest BCUT2D eigenvalue weighted by Crippen LogP contribution is -2.37. The molecule has 0 saturated carbocycles. The van der Waals surface area contributed by atoms with Crippen LogP contribution in [0.15, 0.2) is 51.0 Å². The van der Waals surface area contributed by atoms with Gasteiger partial charge in [0.05, 0.1) is 14.2 Å². The highest BCUT2D eigenvalue weighted by molar-refractivity contribution is 7.98. The fourth-order valence-electron chi connectivity index (χ4n) is 3.42. The number of aryl methyl sites for hydroxylation is 1. The molecule has 0 fully saturated rings. The van der Waals surface area contributed by atoms with Crippen molar-refractivity contribution in [1.82, 2.24) is 19.1 Å². The van der Waals surface area contributed by atoms with Crippen molar-refractivity contribution >= 4 is 46.0 Å². The summed E-state index contributed by atoms with van der Waals surface area (Å²) in [6, 6.07) is 10.5. The topological polar surface area (TPSA) is 88.2 Å². The summed E-state index contributed by atoms with van der Waals surface area (Å²) in [7, 11) is 6.08. The minimum absolute atomic E-state index is 0.234. The molecular weight excluding hydrogens is 499 g/mol. The van der Waals surface area contributed by atoms with Crippen LogP contribution in [0.2, 0.25) is 10.0 Å². The Morgan fingerprint density at radius 3 is 2.35 bits per heavy atom. The monoisotopic (exact) mass is 518 g/mol. The second-order valence-electron chi connectivity index (χ2n) is 7.35. The van der Waals surface area contributed by atoms with Gasteiger partial charge in [-0.25, -0.2) is 14.8 Å². The second-order valence-corrected chi connectivity index (χ2v) is 9.16. The summed E-state index contributed by atoms with van der Waals surface area (Å²) in [5.41, 5.74) is 0.751. The van der Waals surface area contributed by atoms with Crippen molar-refractivity contribution in [2.24, 2.45) is 14.1 Å². The quantitative estimate of drug-likeness (QED) is 0.277. The van der Waals surface area contributed by atoms with Gasteiger partial charge < -0.3 is 9.47 Å². The summed E-state index contributed by atoms with van der Waals surface area (Å²) in [6.07, 6.45) is 0. The molecule has 0 aliphatic carbocycles. The summed E-state index contributed by atoms with van der Waals surface area (Å²) >= 11 is 13.7. The van der Waals surface area contributed by atoms with Gasteiger partial charge in [0.15, 0.2) is 23.0 Å². The number of rotatable bonds is 6. The first-order chi connectivity index (χ1) is 16.2. The van der Waals surface area contributed by atoms with Gasteiger partial charge in [-0.2, -0.15) is 0 Å². The zero-order valence-corrected chi connectivity index (χ0v) is 21.1. The minimum Gasteiger partial charge on any atom is -0.493 e. The molecule has 2 aromatic carbocycles. The summed E-state index contributed by atoms with van der Waals surface area (Å²) < 4.78 is 13.1. The first kappa shape index (κ1) is 24.1. The molecule has 4 rings (SSSR count). The zero-order valence-electron chi connectivity index (χ0n) is 18.8. The molecule has 0 aliphatic rings. The third-order valence-electron chi connectivity index (χ3n) is 5.29. The molecule has 11 heteroatoms. The molecule has 34 heavy (non-hydrogen) atoms. The summed E-state index contributed by atoms with van der Waals surface area (Å²) in [5.74, 6) is 1.82. The van der Waals surface area contributed by atoms with Crippen molar-refractivity contribution in [2.45, 2.75) is 10.8 Å². The number of hydrogen-bond acceptors (Lipinski definition) is 7. The maximum Gasteiger partial charge on any atom is 0.332 e. The molecular formula is C23H20Cl2N4O4S. The standard InChI is InChI=1S/C23H20Cl2N4O4S/c1-28-20-18(22(30)29(2)23(28)31)21(34-11-13-5-7-14(24)10-15(13)25)27-19(26-20)12-6-8-16(32-3)17(9-12)33-4/h5-10H,11H2,1-4H3. The Bertz CT molecular complexity index is 1530. The van der Waals surface area contributed by atoms with Gasteiger partial charge in [-0.1, -0.05) is 29.3 Å². The predicted molar refractivity (Wildman–Crippen MR) is 135 cm³/mol. The second kappa shape index (κ2) is 9.69. The Morgan fingerprint density at radius 1 is 0.941 bits per heavy atom. The Morgan fingerprint density at radius 2 is 1.68 bits per heavy atom.